The van der Waals surface area contributed by atoms with Crippen molar-refractivity contribution in [1.29, 1.82) is 0 Å². The second-order valence-corrected chi connectivity index (χ2v) is 16.5. The fourth-order valence-electron chi connectivity index (χ4n) is 10.3. The largest absolute Gasteiger partial charge is 0.354 e. The highest BCUT2D eigenvalue weighted by Crippen LogP contribution is 2.59. The Morgan fingerprint density at radius 2 is 1.16 bits per heavy atom. The van der Waals surface area contributed by atoms with Crippen LogP contribution in [0.2, 0.25) is 0 Å². The maximum atomic E-state index is 3.93. The van der Waals surface area contributed by atoms with E-state index in [2.05, 4.69) is 205 Å². The number of benzene rings is 9. The average Bonchev–Trinajstić information content (AvgIpc) is 3.84. The van der Waals surface area contributed by atoms with Gasteiger partial charge in [0.15, 0.2) is 7.28 Å². The second kappa shape index (κ2) is 11.6. The van der Waals surface area contributed by atoms with Gasteiger partial charge in [0.1, 0.15) is 0 Å². The summed E-state index contributed by atoms with van der Waals surface area (Å²) < 4.78 is 2.61. The summed E-state index contributed by atoms with van der Waals surface area (Å²) in [5.41, 5.74) is 15.6. The van der Waals surface area contributed by atoms with Gasteiger partial charge in [0.2, 0.25) is 0 Å². The molecule has 263 valence electrons. The minimum absolute atomic E-state index is 0.525. The highest BCUT2D eigenvalue weighted by Gasteiger charge is 2.48. The van der Waals surface area contributed by atoms with Gasteiger partial charge in [0.05, 0.1) is 27.0 Å². The van der Waals surface area contributed by atoms with Gasteiger partial charge in [-0.2, -0.15) is 0 Å². The van der Waals surface area contributed by atoms with Crippen molar-refractivity contribution in [2.24, 2.45) is 0 Å². The smallest absolute Gasteiger partial charge is 0.197 e. The number of hydrogen-bond acceptors (Lipinski definition) is 2. The minimum Gasteiger partial charge on any atom is -0.354 e. The molecular formula is C53H32BN2S. The maximum Gasteiger partial charge on any atom is 0.197 e. The maximum absolute atomic E-state index is 3.93. The Morgan fingerprint density at radius 3 is 1.98 bits per heavy atom. The first-order valence-corrected chi connectivity index (χ1v) is 20.5. The van der Waals surface area contributed by atoms with Crippen molar-refractivity contribution >= 4 is 99.4 Å². The molecule has 2 aliphatic heterocycles. The number of nitrogens with one attached hydrogen (secondary N) is 1. The number of aromatic amines is 1. The third-order valence-electron chi connectivity index (χ3n) is 12.7. The Hall–Kier alpha value is -6.88. The molecule has 0 unspecified atom stereocenters. The van der Waals surface area contributed by atoms with Crippen molar-refractivity contribution in [2.45, 2.75) is 5.41 Å². The monoisotopic (exact) mass is 739 g/mol. The van der Waals surface area contributed by atoms with E-state index in [1.54, 1.807) is 0 Å². The number of fused-ring (bicyclic) bond motifs is 12. The van der Waals surface area contributed by atoms with Crippen molar-refractivity contribution < 1.29 is 0 Å². The fraction of sp³-hybridized carbons (Fsp3) is 0.0189. The van der Waals surface area contributed by atoms with Gasteiger partial charge in [-0.1, -0.05) is 163 Å². The first-order chi connectivity index (χ1) is 28.3. The van der Waals surface area contributed by atoms with Crippen LogP contribution in [-0.2, 0) is 5.41 Å². The number of thiophene rings is 1. The molecular weight excluding hydrogens is 707 g/mol. The van der Waals surface area contributed by atoms with Crippen LogP contribution in [0, 0.1) is 0 Å². The molecule has 0 spiro atoms. The molecule has 4 heteroatoms. The molecule has 1 N–H and O–H groups in total. The number of anilines is 3. The SMILES string of the molecule is [B]1c2cccc3c2N(c2ccccc2C3(c2ccccc2)c2ccccc2)c2c1c(-c1cccc3c1[nH]c1cc4ccccc4cc13)cc1c2sc2ccccc21. The van der Waals surface area contributed by atoms with Crippen LogP contribution in [0.3, 0.4) is 0 Å². The predicted octanol–water partition coefficient (Wildman–Crippen LogP) is 12.6. The zero-order chi connectivity index (χ0) is 37.2. The van der Waals surface area contributed by atoms with Crippen molar-refractivity contribution in [3.05, 3.63) is 210 Å². The lowest BCUT2D eigenvalue weighted by Gasteiger charge is -2.49. The van der Waals surface area contributed by atoms with Crippen LogP contribution in [0.5, 0.6) is 0 Å². The molecule has 9 aromatic carbocycles. The van der Waals surface area contributed by atoms with E-state index in [4.69, 9.17) is 0 Å². The summed E-state index contributed by atoms with van der Waals surface area (Å²) in [6, 6.07) is 69.9. The number of para-hydroxylation sites is 3. The molecule has 2 aromatic heterocycles. The Bertz CT molecular complexity index is 3410. The van der Waals surface area contributed by atoms with Crippen LogP contribution in [0.1, 0.15) is 22.3 Å². The standard InChI is InChI=1S/C53H32BN2S/c1-3-17-34(18-4-1)53(35-19-5-2-6-20-35)42-24-10-11-27-46(42)56-50-43(53)25-14-26-44(50)54-48-40(31-41-36-21-9-12-28-47(36)57-52(41)51(48)56)38-23-13-22-37-39-29-32-15-7-8-16-33(32)30-45(39)55-49(37)38/h1-31,55H. The number of hydrogen-bond donors (Lipinski definition) is 1. The van der Waals surface area contributed by atoms with E-state index in [-0.39, 0.29) is 0 Å². The van der Waals surface area contributed by atoms with E-state index in [1.807, 2.05) is 11.3 Å². The lowest BCUT2D eigenvalue weighted by Crippen LogP contribution is -2.47. The van der Waals surface area contributed by atoms with Crippen LogP contribution >= 0.6 is 11.3 Å². The molecule has 4 heterocycles. The summed E-state index contributed by atoms with van der Waals surface area (Å²) in [4.78, 5) is 6.55. The predicted molar refractivity (Wildman–Crippen MR) is 243 cm³/mol. The van der Waals surface area contributed by atoms with Gasteiger partial charge < -0.3 is 9.88 Å². The van der Waals surface area contributed by atoms with Crippen molar-refractivity contribution in [3.8, 4) is 11.1 Å². The zero-order valence-corrected chi connectivity index (χ0v) is 31.6. The normalized spacial score (nSPS) is 13.9. The lowest BCUT2D eigenvalue weighted by atomic mass is 9.54. The Labute approximate surface area is 334 Å². The van der Waals surface area contributed by atoms with E-state index < -0.39 is 5.41 Å². The average molecular weight is 740 g/mol. The zero-order valence-electron chi connectivity index (χ0n) is 30.8. The summed E-state index contributed by atoms with van der Waals surface area (Å²) in [6.07, 6.45) is 0. The highest BCUT2D eigenvalue weighted by atomic mass is 32.1. The number of aromatic nitrogens is 1. The summed E-state index contributed by atoms with van der Waals surface area (Å²) in [5, 5.41) is 7.58. The van der Waals surface area contributed by atoms with Gasteiger partial charge >= 0.3 is 0 Å². The Kier molecular flexibility index (Phi) is 6.37. The van der Waals surface area contributed by atoms with Crippen LogP contribution in [0.25, 0.3) is 63.9 Å². The van der Waals surface area contributed by atoms with Gasteiger partial charge in [-0.05, 0) is 74.4 Å². The number of H-pyrrole nitrogens is 1. The molecule has 0 bridgehead atoms. The van der Waals surface area contributed by atoms with Gasteiger partial charge in [-0.3, -0.25) is 0 Å². The number of nitrogens with zero attached hydrogens (tertiary/aromatic N) is 1. The Balaban J connectivity index is 1.16. The molecule has 2 aliphatic rings. The molecule has 2 nitrogen and oxygen atoms in total. The second-order valence-electron chi connectivity index (χ2n) is 15.5. The molecule has 0 atom stereocenters. The van der Waals surface area contributed by atoms with Crippen molar-refractivity contribution in [1.82, 2.24) is 4.98 Å². The lowest BCUT2D eigenvalue weighted by molar-refractivity contribution is 0.732. The quantitative estimate of drug-likeness (QED) is 0.179. The summed E-state index contributed by atoms with van der Waals surface area (Å²) in [7, 11) is 2.48. The van der Waals surface area contributed by atoms with Crippen LogP contribution < -0.4 is 15.8 Å². The molecule has 0 saturated carbocycles. The van der Waals surface area contributed by atoms with Crippen LogP contribution in [0.15, 0.2) is 188 Å². The molecule has 0 fully saturated rings. The molecule has 0 aliphatic carbocycles. The third kappa shape index (κ3) is 4.15. The van der Waals surface area contributed by atoms with Crippen molar-refractivity contribution in [2.75, 3.05) is 4.90 Å². The summed E-state index contributed by atoms with van der Waals surface area (Å²) in [5.74, 6) is 0. The molecule has 57 heavy (non-hydrogen) atoms. The van der Waals surface area contributed by atoms with E-state index >= 15 is 0 Å². The van der Waals surface area contributed by atoms with Gasteiger partial charge in [0.25, 0.3) is 0 Å². The molecule has 11 aromatic rings. The third-order valence-corrected chi connectivity index (χ3v) is 13.8. The topological polar surface area (TPSA) is 19.0 Å². The van der Waals surface area contributed by atoms with Gasteiger partial charge in [0, 0.05) is 43.0 Å². The molecule has 1 radical (unpaired) electrons. The summed E-state index contributed by atoms with van der Waals surface area (Å²) >= 11 is 1.91. The first kappa shape index (κ1) is 31.3. The van der Waals surface area contributed by atoms with E-state index in [0.29, 0.717) is 0 Å². The van der Waals surface area contributed by atoms with Crippen LogP contribution in [0.4, 0.5) is 17.1 Å². The highest BCUT2D eigenvalue weighted by molar-refractivity contribution is 7.26. The van der Waals surface area contributed by atoms with Crippen molar-refractivity contribution in [3.63, 3.8) is 0 Å². The van der Waals surface area contributed by atoms with E-state index in [9.17, 15) is 0 Å². The molecule has 0 saturated heterocycles. The van der Waals surface area contributed by atoms with Gasteiger partial charge in [-0.25, -0.2) is 0 Å². The Morgan fingerprint density at radius 1 is 0.491 bits per heavy atom. The molecule has 13 rings (SSSR count). The molecule has 0 amide bonds. The fourth-order valence-corrected chi connectivity index (χ4v) is 11.5. The van der Waals surface area contributed by atoms with E-state index in [1.165, 1.54) is 109 Å². The number of rotatable bonds is 3. The minimum atomic E-state index is -0.525. The van der Waals surface area contributed by atoms with E-state index in [0.717, 1.165) is 5.52 Å². The van der Waals surface area contributed by atoms with Crippen LogP contribution in [-0.4, -0.2) is 12.3 Å². The van der Waals surface area contributed by atoms with Gasteiger partial charge in [-0.15, -0.1) is 11.3 Å². The summed E-state index contributed by atoms with van der Waals surface area (Å²) in [6.45, 7) is 0. The first-order valence-electron chi connectivity index (χ1n) is 19.7.